The van der Waals surface area contributed by atoms with Crippen molar-refractivity contribution in [3.05, 3.63) is 5.01 Å². The predicted octanol–water partition coefficient (Wildman–Crippen LogP) is 1.59. The Morgan fingerprint density at radius 3 is 3.00 bits per heavy atom. The van der Waals surface area contributed by atoms with Gasteiger partial charge in [-0.3, -0.25) is 0 Å². The molecule has 0 saturated heterocycles. The number of ether oxygens (including phenoxy) is 2. The maximum Gasteiger partial charge on any atom is 0.294 e. The summed E-state index contributed by atoms with van der Waals surface area (Å²) >= 11 is 1.50. The number of nitrogens with zero attached hydrogens (tertiary/aromatic N) is 2. The highest BCUT2D eigenvalue weighted by Crippen LogP contribution is 2.22. The third-order valence-electron chi connectivity index (χ3n) is 2.43. The van der Waals surface area contributed by atoms with E-state index in [1.54, 1.807) is 0 Å². The topological polar surface area (TPSA) is 56.3 Å². The van der Waals surface area contributed by atoms with E-state index in [0.717, 1.165) is 11.6 Å². The molecule has 1 heterocycles. The SMILES string of the molecule is CCOCC(C)Oc1nnc(CNC2CC2)s1. The molecule has 0 aliphatic heterocycles. The lowest BCUT2D eigenvalue weighted by molar-refractivity contribution is 0.0652. The van der Waals surface area contributed by atoms with Crippen LogP contribution in [0.5, 0.6) is 5.19 Å². The number of nitrogens with one attached hydrogen (secondary N) is 1. The molecule has 1 aliphatic carbocycles. The maximum atomic E-state index is 5.61. The summed E-state index contributed by atoms with van der Waals surface area (Å²) in [6.45, 7) is 6.04. The Labute approximate surface area is 106 Å². The molecule has 1 atom stereocenters. The zero-order valence-corrected chi connectivity index (χ0v) is 11.1. The Hall–Kier alpha value is -0.720. The van der Waals surface area contributed by atoms with Crippen LogP contribution in [0.15, 0.2) is 0 Å². The van der Waals surface area contributed by atoms with Crippen molar-refractivity contribution in [2.24, 2.45) is 0 Å². The summed E-state index contributed by atoms with van der Waals surface area (Å²) in [5.41, 5.74) is 0. The van der Waals surface area contributed by atoms with Gasteiger partial charge in [0.1, 0.15) is 11.1 Å². The van der Waals surface area contributed by atoms with E-state index in [1.165, 1.54) is 24.2 Å². The van der Waals surface area contributed by atoms with Crippen LogP contribution >= 0.6 is 11.3 Å². The summed E-state index contributed by atoms with van der Waals surface area (Å²) in [4.78, 5) is 0. The molecule has 96 valence electrons. The van der Waals surface area contributed by atoms with Crippen LogP contribution in [0.2, 0.25) is 0 Å². The van der Waals surface area contributed by atoms with Gasteiger partial charge < -0.3 is 14.8 Å². The molecular formula is C11H19N3O2S. The van der Waals surface area contributed by atoms with E-state index in [0.29, 0.717) is 24.4 Å². The predicted molar refractivity (Wildman–Crippen MR) is 66.4 cm³/mol. The van der Waals surface area contributed by atoms with Crippen molar-refractivity contribution in [1.82, 2.24) is 15.5 Å². The zero-order chi connectivity index (χ0) is 12.1. The van der Waals surface area contributed by atoms with Crippen LogP contribution in [0, 0.1) is 0 Å². The lowest BCUT2D eigenvalue weighted by atomic mass is 10.4. The van der Waals surface area contributed by atoms with Gasteiger partial charge in [0.15, 0.2) is 0 Å². The second-order valence-corrected chi connectivity index (χ2v) is 5.23. The largest absolute Gasteiger partial charge is 0.463 e. The normalized spacial score (nSPS) is 17.1. The molecule has 0 spiro atoms. The van der Waals surface area contributed by atoms with Crippen molar-refractivity contribution in [2.75, 3.05) is 13.2 Å². The Balaban J connectivity index is 1.72. The number of rotatable bonds is 8. The monoisotopic (exact) mass is 257 g/mol. The highest BCUT2D eigenvalue weighted by atomic mass is 32.1. The van der Waals surface area contributed by atoms with Gasteiger partial charge in [0.05, 0.1) is 13.2 Å². The summed E-state index contributed by atoms with van der Waals surface area (Å²) in [5, 5.41) is 13.1. The molecular weight excluding hydrogens is 238 g/mol. The molecule has 1 aliphatic rings. The molecule has 5 nitrogen and oxygen atoms in total. The van der Waals surface area contributed by atoms with E-state index >= 15 is 0 Å². The average Bonchev–Trinajstić information content (AvgIpc) is 3.05. The molecule has 1 fully saturated rings. The molecule has 0 radical (unpaired) electrons. The number of hydrogen-bond acceptors (Lipinski definition) is 6. The Morgan fingerprint density at radius 1 is 1.47 bits per heavy atom. The standard InChI is InChI=1S/C11H19N3O2S/c1-3-15-7-8(2)16-11-14-13-10(17-11)6-12-9-4-5-9/h8-9,12H,3-7H2,1-2H3. The van der Waals surface area contributed by atoms with Gasteiger partial charge in [-0.25, -0.2) is 0 Å². The van der Waals surface area contributed by atoms with E-state index in [9.17, 15) is 0 Å². The highest BCUT2D eigenvalue weighted by molar-refractivity contribution is 7.13. The molecule has 1 N–H and O–H groups in total. The fourth-order valence-electron chi connectivity index (χ4n) is 1.37. The summed E-state index contributed by atoms with van der Waals surface area (Å²) in [7, 11) is 0. The Morgan fingerprint density at radius 2 is 2.29 bits per heavy atom. The van der Waals surface area contributed by atoms with Crippen LogP contribution in [0.3, 0.4) is 0 Å². The van der Waals surface area contributed by atoms with Crippen LogP contribution in [-0.4, -0.2) is 35.6 Å². The molecule has 1 saturated carbocycles. The minimum Gasteiger partial charge on any atom is -0.463 e. The van der Waals surface area contributed by atoms with Crippen LogP contribution in [0.25, 0.3) is 0 Å². The first kappa shape index (κ1) is 12.7. The lowest BCUT2D eigenvalue weighted by Crippen LogP contribution is -2.18. The van der Waals surface area contributed by atoms with Crippen molar-refractivity contribution in [1.29, 1.82) is 0 Å². The molecule has 0 aromatic carbocycles. The van der Waals surface area contributed by atoms with Gasteiger partial charge in [-0.1, -0.05) is 16.4 Å². The lowest BCUT2D eigenvalue weighted by Gasteiger charge is -2.10. The third-order valence-corrected chi connectivity index (χ3v) is 3.24. The van der Waals surface area contributed by atoms with E-state index in [-0.39, 0.29) is 6.10 Å². The van der Waals surface area contributed by atoms with E-state index in [1.807, 2.05) is 13.8 Å². The molecule has 6 heteroatoms. The molecule has 17 heavy (non-hydrogen) atoms. The molecule has 2 rings (SSSR count). The molecule has 0 bridgehead atoms. The Bertz CT molecular complexity index is 341. The van der Waals surface area contributed by atoms with Crippen LogP contribution < -0.4 is 10.1 Å². The van der Waals surface area contributed by atoms with Gasteiger partial charge in [-0.15, -0.1) is 5.10 Å². The van der Waals surface area contributed by atoms with Crippen LogP contribution in [-0.2, 0) is 11.3 Å². The van der Waals surface area contributed by atoms with Gasteiger partial charge >= 0.3 is 0 Å². The van der Waals surface area contributed by atoms with Crippen molar-refractivity contribution in [3.63, 3.8) is 0 Å². The zero-order valence-electron chi connectivity index (χ0n) is 10.3. The minimum atomic E-state index is 0.0205. The number of hydrogen-bond donors (Lipinski definition) is 1. The molecule has 1 unspecified atom stereocenters. The first-order chi connectivity index (χ1) is 8.28. The van der Waals surface area contributed by atoms with Crippen LogP contribution in [0.4, 0.5) is 0 Å². The number of aromatic nitrogens is 2. The fraction of sp³-hybridized carbons (Fsp3) is 0.818. The summed E-state index contributed by atoms with van der Waals surface area (Å²) in [5.74, 6) is 0. The van der Waals surface area contributed by atoms with Crippen molar-refractivity contribution in [3.8, 4) is 5.19 Å². The van der Waals surface area contributed by atoms with Crippen molar-refractivity contribution < 1.29 is 9.47 Å². The van der Waals surface area contributed by atoms with Crippen molar-refractivity contribution >= 4 is 11.3 Å². The quantitative estimate of drug-likeness (QED) is 0.766. The molecule has 1 aromatic rings. The van der Waals surface area contributed by atoms with Gasteiger partial charge in [0.25, 0.3) is 5.19 Å². The summed E-state index contributed by atoms with van der Waals surface area (Å²) < 4.78 is 10.9. The highest BCUT2D eigenvalue weighted by Gasteiger charge is 2.20. The van der Waals surface area contributed by atoms with Crippen molar-refractivity contribution in [2.45, 2.75) is 45.4 Å². The van der Waals surface area contributed by atoms with Gasteiger partial charge in [0, 0.05) is 12.6 Å². The van der Waals surface area contributed by atoms with Gasteiger partial charge in [-0.05, 0) is 26.7 Å². The summed E-state index contributed by atoms with van der Waals surface area (Å²) in [6.07, 6.45) is 2.59. The Kier molecular flexibility index (Phi) is 4.70. The molecule has 0 amide bonds. The minimum absolute atomic E-state index is 0.0205. The van der Waals surface area contributed by atoms with E-state index < -0.39 is 0 Å². The maximum absolute atomic E-state index is 5.61. The van der Waals surface area contributed by atoms with E-state index in [2.05, 4.69) is 15.5 Å². The molecule has 1 aromatic heterocycles. The smallest absolute Gasteiger partial charge is 0.294 e. The van der Waals surface area contributed by atoms with E-state index in [4.69, 9.17) is 9.47 Å². The fourth-order valence-corrected chi connectivity index (χ4v) is 2.10. The van der Waals surface area contributed by atoms with Gasteiger partial charge in [0.2, 0.25) is 0 Å². The second-order valence-electron chi connectivity index (χ2n) is 4.20. The summed E-state index contributed by atoms with van der Waals surface area (Å²) in [6, 6.07) is 0.695. The van der Waals surface area contributed by atoms with Gasteiger partial charge in [-0.2, -0.15) is 0 Å². The van der Waals surface area contributed by atoms with Crippen LogP contribution in [0.1, 0.15) is 31.7 Å². The average molecular weight is 257 g/mol. The first-order valence-corrected chi connectivity index (χ1v) is 6.89. The first-order valence-electron chi connectivity index (χ1n) is 6.08. The third kappa shape index (κ3) is 4.57. The second kappa shape index (κ2) is 6.28.